The molecule has 368 valence electrons. The number of aliphatic hydroxyl groups excluding tert-OH is 11. The Morgan fingerprint density at radius 1 is 0.578 bits per heavy atom. The molecule has 0 aromatic rings. The highest BCUT2D eigenvalue weighted by atomic mass is 16.8. The van der Waals surface area contributed by atoms with E-state index in [0.29, 0.717) is 43.1 Å². The van der Waals surface area contributed by atoms with Gasteiger partial charge >= 0.3 is 0 Å². The molecular weight excluding hydrogens is 844 g/mol. The lowest BCUT2D eigenvalue weighted by Gasteiger charge is -2.63. The Morgan fingerprint density at radius 2 is 1.17 bits per heavy atom. The summed E-state index contributed by atoms with van der Waals surface area (Å²) in [5.74, 6) is 1.58. The van der Waals surface area contributed by atoms with E-state index in [-0.39, 0.29) is 34.7 Å². The molecule has 0 aromatic heterocycles. The fraction of sp³-hybridized carbons (Fsp3) is 1.00. The van der Waals surface area contributed by atoms with E-state index in [1.165, 1.54) is 0 Å². The molecule has 0 amide bonds. The number of rotatable bonds is 9. The molecule has 9 rings (SSSR count). The first-order chi connectivity index (χ1) is 30.4. The van der Waals surface area contributed by atoms with E-state index in [4.69, 9.17) is 37.9 Å². The van der Waals surface area contributed by atoms with Crippen molar-refractivity contribution in [1.29, 1.82) is 0 Å². The van der Waals surface area contributed by atoms with Crippen molar-refractivity contribution in [3.8, 4) is 0 Å². The summed E-state index contributed by atoms with van der Waals surface area (Å²) in [6.45, 7) is 7.68. The summed E-state index contributed by atoms with van der Waals surface area (Å²) in [6.07, 6.45) is -18.2. The first-order valence-corrected chi connectivity index (χ1v) is 23.9. The maximum atomic E-state index is 12.3. The van der Waals surface area contributed by atoms with Crippen LogP contribution in [0.15, 0.2) is 0 Å². The zero-order valence-corrected chi connectivity index (χ0v) is 37.3. The highest BCUT2D eigenvalue weighted by Gasteiger charge is 2.71. The van der Waals surface area contributed by atoms with Gasteiger partial charge in [-0.25, -0.2) is 0 Å². The van der Waals surface area contributed by atoms with Gasteiger partial charge in [-0.05, 0) is 97.7 Å². The van der Waals surface area contributed by atoms with Crippen LogP contribution in [0.1, 0.15) is 85.5 Å². The molecule has 0 aromatic carbocycles. The Kier molecular flexibility index (Phi) is 13.7. The van der Waals surface area contributed by atoms with Gasteiger partial charge in [0.2, 0.25) is 0 Å². The highest BCUT2D eigenvalue weighted by molar-refractivity contribution is 5.17. The SMILES string of the molecule is C[C@@H]1CC[C@@]2(OC1)O[C@H]1C[C@H]3[C@@H]4CC[C@H]5C[C@@H](O[C@@H]6O[C@H](CO)[C@H](O[C@@H]7O[C@H](CO)[C@@H](O)[C@H](O)[C@H]7O)[C@H](O[C@@H]7O[C@H](CO)[C@@H](O)[C@H](O)[C@H]7O)[C@H]6O)CC[C@]5(C)[C@H]4[C@H](O)C[C@]3(C)[C@H]1[C@@H]2C. The minimum Gasteiger partial charge on any atom is -0.394 e. The van der Waals surface area contributed by atoms with Crippen LogP contribution in [0.25, 0.3) is 0 Å². The van der Waals surface area contributed by atoms with E-state index < -0.39 is 130 Å². The van der Waals surface area contributed by atoms with Crippen molar-refractivity contribution in [2.24, 2.45) is 52.3 Å². The lowest BCUT2D eigenvalue weighted by atomic mass is 9.43. The van der Waals surface area contributed by atoms with Crippen molar-refractivity contribution in [2.45, 2.75) is 202 Å². The number of fused-ring (bicyclic) bond motifs is 7. The van der Waals surface area contributed by atoms with E-state index in [2.05, 4.69) is 27.7 Å². The highest BCUT2D eigenvalue weighted by Crippen LogP contribution is 2.71. The van der Waals surface area contributed by atoms with Crippen LogP contribution in [0, 0.1) is 52.3 Å². The van der Waals surface area contributed by atoms with Crippen molar-refractivity contribution in [2.75, 3.05) is 26.4 Å². The van der Waals surface area contributed by atoms with Crippen LogP contribution in [0.3, 0.4) is 0 Å². The molecule has 19 heteroatoms. The fourth-order valence-corrected chi connectivity index (χ4v) is 14.8. The second-order valence-corrected chi connectivity index (χ2v) is 21.7. The molecule has 5 aliphatic heterocycles. The van der Waals surface area contributed by atoms with Gasteiger partial charge in [0.15, 0.2) is 24.7 Å². The third-order valence-corrected chi connectivity index (χ3v) is 18.2. The van der Waals surface area contributed by atoms with E-state index in [9.17, 15) is 56.2 Å². The van der Waals surface area contributed by atoms with E-state index in [1.807, 2.05) is 0 Å². The Morgan fingerprint density at radius 3 is 1.77 bits per heavy atom. The maximum absolute atomic E-state index is 12.3. The summed E-state index contributed by atoms with van der Waals surface area (Å²) in [4.78, 5) is 0. The average molecular weight is 919 g/mol. The summed E-state index contributed by atoms with van der Waals surface area (Å²) >= 11 is 0. The molecule has 9 fully saturated rings. The molecule has 11 N–H and O–H groups in total. The predicted octanol–water partition coefficient (Wildman–Crippen LogP) is -1.76. The number of ether oxygens (including phenoxy) is 8. The molecule has 4 saturated carbocycles. The Balaban J connectivity index is 0.906. The predicted molar refractivity (Wildman–Crippen MR) is 217 cm³/mol. The second-order valence-electron chi connectivity index (χ2n) is 21.7. The van der Waals surface area contributed by atoms with E-state index >= 15 is 0 Å². The zero-order chi connectivity index (χ0) is 45.8. The summed E-state index contributed by atoms with van der Waals surface area (Å²) in [5, 5.41) is 118. The monoisotopic (exact) mass is 918 g/mol. The fourth-order valence-electron chi connectivity index (χ4n) is 14.8. The molecular formula is C45H74O19. The molecule has 5 saturated heterocycles. The lowest BCUT2D eigenvalue weighted by molar-refractivity contribution is -0.390. The summed E-state index contributed by atoms with van der Waals surface area (Å²) < 4.78 is 49.5. The molecule has 19 nitrogen and oxygen atoms in total. The Hall–Kier alpha value is -0.760. The quantitative estimate of drug-likeness (QED) is 0.114. The van der Waals surface area contributed by atoms with Crippen LogP contribution in [0.4, 0.5) is 0 Å². The van der Waals surface area contributed by atoms with Crippen LogP contribution in [-0.2, 0) is 37.9 Å². The summed E-state index contributed by atoms with van der Waals surface area (Å²) in [6, 6.07) is 0. The van der Waals surface area contributed by atoms with Gasteiger partial charge in [0, 0.05) is 12.3 Å². The standard InChI is InChI=1S/C45H74O19/c1-18-7-10-45(57-17-18)19(2)29-25(64-45)12-23-22-6-5-20-11-21(8-9-43(20,3)30(22)24(49)13-44(23,29)4)58-42-37(56)39(63-41-36(55)34(53)32(51)27(15-47)60-41)38(28(16-48)61-42)62-40-35(54)33(52)31(50)26(14-46)59-40/h18-42,46-56H,5-17H2,1-4H3/t18-,19+,20+,21+,22+,23+,24-,25+,26-,27-,28-,29+,30-,31-,32-,33+,34+,35-,36-,37-,38+,39-,40+,41+,42-,43+,44+,45-/m1/s1. The molecule has 0 bridgehead atoms. The third-order valence-electron chi connectivity index (χ3n) is 18.2. The van der Waals surface area contributed by atoms with Gasteiger partial charge in [0.05, 0.1) is 44.7 Å². The Bertz CT molecular complexity index is 1600. The van der Waals surface area contributed by atoms with E-state index in [0.717, 1.165) is 44.9 Å². The zero-order valence-electron chi connectivity index (χ0n) is 37.3. The molecule has 0 radical (unpaired) electrons. The van der Waals surface area contributed by atoms with Crippen molar-refractivity contribution in [1.82, 2.24) is 0 Å². The number of hydrogen-bond acceptors (Lipinski definition) is 19. The lowest BCUT2D eigenvalue weighted by Crippen LogP contribution is -2.67. The topological polar surface area (TPSA) is 296 Å². The molecule has 64 heavy (non-hydrogen) atoms. The largest absolute Gasteiger partial charge is 0.394 e. The second kappa shape index (κ2) is 18.2. The van der Waals surface area contributed by atoms with Crippen LogP contribution >= 0.6 is 0 Å². The molecule has 5 heterocycles. The van der Waals surface area contributed by atoms with Gasteiger partial charge in [0.25, 0.3) is 0 Å². The molecule has 9 aliphatic rings. The average Bonchev–Trinajstić information content (AvgIpc) is 3.72. The van der Waals surface area contributed by atoms with Crippen LogP contribution in [0.5, 0.6) is 0 Å². The van der Waals surface area contributed by atoms with Gasteiger partial charge in [-0.2, -0.15) is 0 Å². The van der Waals surface area contributed by atoms with Gasteiger partial charge in [-0.3, -0.25) is 0 Å². The normalized spacial score (nSPS) is 58.6. The van der Waals surface area contributed by atoms with Crippen LogP contribution in [-0.4, -0.2) is 199 Å². The van der Waals surface area contributed by atoms with Crippen molar-refractivity contribution >= 4 is 0 Å². The molecule has 28 atom stereocenters. The minimum atomic E-state index is -1.89. The van der Waals surface area contributed by atoms with Gasteiger partial charge in [-0.15, -0.1) is 0 Å². The third kappa shape index (κ3) is 7.85. The minimum absolute atomic E-state index is 0.0690. The smallest absolute Gasteiger partial charge is 0.187 e. The van der Waals surface area contributed by atoms with E-state index in [1.54, 1.807) is 0 Å². The number of hydrogen-bond donors (Lipinski definition) is 11. The van der Waals surface area contributed by atoms with Gasteiger partial charge in [-0.1, -0.05) is 27.7 Å². The van der Waals surface area contributed by atoms with Crippen LogP contribution in [0.2, 0.25) is 0 Å². The van der Waals surface area contributed by atoms with Crippen molar-refractivity contribution in [3.63, 3.8) is 0 Å². The summed E-state index contributed by atoms with van der Waals surface area (Å²) in [7, 11) is 0. The van der Waals surface area contributed by atoms with Gasteiger partial charge < -0.3 is 94.1 Å². The summed E-state index contributed by atoms with van der Waals surface area (Å²) in [5.41, 5.74) is -0.253. The number of aliphatic hydroxyl groups is 11. The first kappa shape index (κ1) is 48.3. The first-order valence-electron chi connectivity index (χ1n) is 23.9. The molecule has 0 unspecified atom stereocenters. The van der Waals surface area contributed by atoms with Crippen LogP contribution < -0.4 is 0 Å². The van der Waals surface area contributed by atoms with Crippen molar-refractivity contribution < 1.29 is 94.1 Å². The van der Waals surface area contributed by atoms with Crippen molar-refractivity contribution in [3.05, 3.63) is 0 Å². The van der Waals surface area contributed by atoms with Gasteiger partial charge in [0.1, 0.15) is 73.2 Å². The molecule has 1 spiro atoms. The maximum Gasteiger partial charge on any atom is 0.187 e. The molecule has 4 aliphatic carbocycles. The Labute approximate surface area is 373 Å².